The first-order valence-electron chi connectivity index (χ1n) is 6.06. The molecule has 16 heavy (non-hydrogen) atoms. The lowest BCUT2D eigenvalue weighted by Gasteiger charge is -2.23. The van der Waals surface area contributed by atoms with Gasteiger partial charge in [-0.25, -0.2) is 9.97 Å². The minimum Gasteiger partial charge on any atom is -0.366 e. The summed E-state index contributed by atoms with van der Waals surface area (Å²) in [6, 6.07) is 2.58. The molecule has 0 radical (unpaired) electrons. The summed E-state index contributed by atoms with van der Waals surface area (Å²) in [7, 11) is 0. The largest absolute Gasteiger partial charge is 0.366 e. The van der Waals surface area contributed by atoms with E-state index >= 15 is 0 Å². The van der Waals surface area contributed by atoms with Crippen LogP contribution in [0.15, 0.2) is 12.4 Å². The fourth-order valence-corrected chi connectivity index (χ4v) is 2.24. The number of nitrogens with two attached hydrogens (primary N) is 1. The number of nitrogens with zero attached hydrogens (tertiary/aromatic N) is 2. The van der Waals surface area contributed by atoms with Gasteiger partial charge < -0.3 is 11.1 Å². The summed E-state index contributed by atoms with van der Waals surface area (Å²) in [4.78, 5) is 8.31. The second-order valence-electron chi connectivity index (χ2n) is 4.60. The molecule has 0 saturated heterocycles. The molecule has 2 rings (SSSR count). The molecule has 4 heteroatoms. The smallest absolute Gasteiger partial charge is 0.129 e. The van der Waals surface area contributed by atoms with Crippen LogP contribution in [-0.4, -0.2) is 22.1 Å². The van der Waals surface area contributed by atoms with Gasteiger partial charge in [0.05, 0.1) is 0 Å². The molecule has 1 fully saturated rings. The van der Waals surface area contributed by atoms with E-state index in [-0.39, 0.29) is 6.04 Å². The van der Waals surface area contributed by atoms with Crippen LogP contribution in [0.5, 0.6) is 0 Å². The first-order valence-corrected chi connectivity index (χ1v) is 6.06. The van der Waals surface area contributed by atoms with Crippen molar-refractivity contribution in [2.75, 3.05) is 5.32 Å². The molecule has 2 atom stereocenters. The van der Waals surface area contributed by atoms with Gasteiger partial charge in [0, 0.05) is 23.8 Å². The molecular weight excluding hydrogens is 200 g/mol. The van der Waals surface area contributed by atoms with Crippen molar-refractivity contribution in [3.05, 3.63) is 18.1 Å². The Morgan fingerprint density at radius 3 is 2.88 bits per heavy atom. The van der Waals surface area contributed by atoms with Crippen LogP contribution in [0.1, 0.15) is 37.8 Å². The van der Waals surface area contributed by atoms with Crippen LogP contribution in [0, 0.1) is 6.92 Å². The molecule has 0 aliphatic heterocycles. The molecule has 1 aliphatic carbocycles. The van der Waals surface area contributed by atoms with Crippen LogP contribution < -0.4 is 11.1 Å². The molecule has 1 aliphatic rings. The lowest BCUT2D eigenvalue weighted by molar-refractivity contribution is 0.527. The Morgan fingerprint density at radius 1 is 1.25 bits per heavy atom. The summed E-state index contributed by atoms with van der Waals surface area (Å²) in [5, 5.41) is 3.44. The molecule has 0 spiro atoms. The maximum atomic E-state index is 6.16. The normalized spacial score (nSPS) is 26.1. The van der Waals surface area contributed by atoms with E-state index < -0.39 is 0 Å². The number of rotatable bonds is 2. The van der Waals surface area contributed by atoms with Crippen molar-refractivity contribution < 1.29 is 0 Å². The number of hydrogen-bond donors (Lipinski definition) is 2. The summed E-state index contributed by atoms with van der Waals surface area (Å²) in [6.07, 6.45) is 7.66. The highest BCUT2D eigenvalue weighted by molar-refractivity contribution is 5.36. The second kappa shape index (κ2) is 5.25. The standard InChI is InChI=1S/C12H20N4/c1-9-7-12(15-8-14-9)16-11-6-4-2-3-5-10(11)13/h7-8,10-11H,2-6,13H2,1H3,(H,14,15,16). The average molecular weight is 220 g/mol. The second-order valence-corrected chi connectivity index (χ2v) is 4.60. The molecule has 1 saturated carbocycles. The fraction of sp³-hybridized carbons (Fsp3) is 0.667. The van der Waals surface area contributed by atoms with E-state index in [9.17, 15) is 0 Å². The van der Waals surface area contributed by atoms with Crippen molar-refractivity contribution in [3.8, 4) is 0 Å². The fourth-order valence-electron chi connectivity index (χ4n) is 2.24. The molecule has 3 N–H and O–H groups in total. The Bertz CT molecular complexity index is 340. The molecule has 2 unspecified atom stereocenters. The lowest BCUT2D eigenvalue weighted by Crippen LogP contribution is -2.39. The van der Waals surface area contributed by atoms with E-state index in [0.29, 0.717) is 6.04 Å². The van der Waals surface area contributed by atoms with Gasteiger partial charge in [0.25, 0.3) is 0 Å². The van der Waals surface area contributed by atoms with Gasteiger partial charge in [-0.05, 0) is 19.8 Å². The Kier molecular flexibility index (Phi) is 3.72. The zero-order chi connectivity index (χ0) is 11.4. The van der Waals surface area contributed by atoms with E-state index in [1.165, 1.54) is 19.3 Å². The van der Waals surface area contributed by atoms with E-state index in [1.807, 2.05) is 13.0 Å². The predicted molar refractivity (Wildman–Crippen MR) is 65.2 cm³/mol. The highest BCUT2D eigenvalue weighted by Gasteiger charge is 2.20. The molecule has 88 valence electrons. The van der Waals surface area contributed by atoms with Crippen LogP contribution >= 0.6 is 0 Å². The van der Waals surface area contributed by atoms with Gasteiger partial charge in [-0.3, -0.25) is 0 Å². The van der Waals surface area contributed by atoms with Crippen molar-refractivity contribution >= 4 is 5.82 Å². The Labute approximate surface area is 96.7 Å². The van der Waals surface area contributed by atoms with Crippen LogP contribution in [-0.2, 0) is 0 Å². The lowest BCUT2D eigenvalue weighted by atomic mass is 10.0. The Hall–Kier alpha value is -1.16. The predicted octanol–water partition coefficient (Wildman–Crippen LogP) is 1.86. The molecule has 4 nitrogen and oxygen atoms in total. The summed E-state index contributed by atoms with van der Waals surface area (Å²) < 4.78 is 0. The monoisotopic (exact) mass is 220 g/mol. The highest BCUT2D eigenvalue weighted by Crippen LogP contribution is 2.19. The third kappa shape index (κ3) is 2.92. The maximum absolute atomic E-state index is 6.16. The SMILES string of the molecule is Cc1cc(NC2CCCCCC2N)ncn1. The van der Waals surface area contributed by atoms with Gasteiger partial charge >= 0.3 is 0 Å². The van der Waals surface area contributed by atoms with Crippen LogP contribution in [0.3, 0.4) is 0 Å². The van der Waals surface area contributed by atoms with Gasteiger partial charge in [0.15, 0.2) is 0 Å². The number of nitrogens with one attached hydrogen (secondary N) is 1. The summed E-state index contributed by atoms with van der Waals surface area (Å²) >= 11 is 0. The number of aryl methyl sites for hydroxylation is 1. The van der Waals surface area contributed by atoms with Gasteiger partial charge in [0.1, 0.15) is 12.1 Å². The van der Waals surface area contributed by atoms with Crippen LogP contribution in [0.25, 0.3) is 0 Å². The number of hydrogen-bond acceptors (Lipinski definition) is 4. The van der Waals surface area contributed by atoms with Gasteiger partial charge in [-0.1, -0.05) is 19.3 Å². The molecule has 1 heterocycles. The molecule has 1 aromatic heterocycles. The first-order chi connectivity index (χ1) is 7.75. The van der Waals surface area contributed by atoms with Crippen LogP contribution in [0.4, 0.5) is 5.82 Å². The topological polar surface area (TPSA) is 63.8 Å². The minimum atomic E-state index is 0.248. The number of aromatic nitrogens is 2. The van der Waals surface area contributed by atoms with Crippen molar-refractivity contribution in [3.63, 3.8) is 0 Å². The minimum absolute atomic E-state index is 0.248. The Morgan fingerprint density at radius 2 is 2.06 bits per heavy atom. The summed E-state index contributed by atoms with van der Waals surface area (Å²) in [5.74, 6) is 0.898. The first kappa shape index (κ1) is 11.3. The average Bonchev–Trinajstić information content (AvgIpc) is 2.45. The van der Waals surface area contributed by atoms with E-state index in [1.54, 1.807) is 6.33 Å². The van der Waals surface area contributed by atoms with E-state index in [2.05, 4.69) is 15.3 Å². The zero-order valence-electron chi connectivity index (χ0n) is 9.82. The van der Waals surface area contributed by atoms with E-state index in [4.69, 9.17) is 5.73 Å². The summed E-state index contributed by atoms with van der Waals surface area (Å²) in [5.41, 5.74) is 7.14. The van der Waals surface area contributed by atoms with Gasteiger partial charge in [-0.2, -0.15) is 0 Å². The molecule has 0 bridgehead atoms. The molecular formula is C12H20N4. The molecule has 0 aromatic carbocycles. The van der Waals surface area contributed by atoms with Crippen molar-refractivity contribution in [1.29, 1.82) is 0 Å². The highest BCUT2D eigenvalue weighted by atomic mass is 15.1. The van der Waals surface area contributed by atoms with Crippen LogP contribution in [0.2, 0.25) is 0 Å². The van der Waals surface area contributed by atoms with Gasteiger partial charge in [-0.15, -0.1) is 0 Å². The van der Waals surface area contributed by atoms with Crippen molar-refractivity contribution in [2.45, 2.75) is 51.1 Å². The van der Waals surface area contributed by atoms with Crippen molar-refractivity contribution in [1.82, 2.24) is 9.97 Å². The third-order valence-electron chi connectivity index (χ3n) is 3.21. The summed E-state index contributed by atoms with van der Waals surface area (Å²) in [6.45, 7) is 1.97. The molecule has 0 amide bonds. The Balaban J connectivity index is 2.02. The third-order valence-corrected chi connectivity index (χ3v) is 3.21. The number of anilines is 1. The van der Waals surface area contributed by atoms with E-state index in [0.717, 1.165) is 24.4 Å². The maximum Gasteiger partial charge on any atom is 0.129 e. The molecule has 1 aromatic rings. The zero-order valence-corrected chi connectivity index (χ0v) is 9.82. The van der Waals surface area contributed by atoms with Crippen molar-refractivity contribution in [2.24, 2.45) is 5.73 Å². The van der Waals surface area contributed by atoms with Gasteiger partial charge in [0.2, 0.25) is 0 Å². The quantitative estimate of drug-likeness (QED) is 0.747.